The molecule has 0 aromatic heterocycles. The summed E-state index contributed by atoms with van der Waals surface area (Å²) in [6.07, 6.45) is 6.13. The molecular weight excluding hydrogens is 286 g/mol. The molecular formula is C19H31N3O. The van der Waals surface area contributed by atoms with Gasteiger partial charge in [0.15, 0.2) is 5.96 Å². The average Bonchev–Trinajstić information content (AvgIpc) is 3.00. The van der Waals surface area contributed by atoms with Gasteiger partial charge in [-0.3, -0.25) is 4.99 Å². The number of ether oxygens (including phenoxy) is 1. The first-order chi connectivity index (χ1) is 11.0. The Kier molecular flexibility index (Phi) is 6.46. The number of hydrogen-bond acceptors (Lipinski definition) is 2. The summed E-state index contributed by atoms with van der Waals surface area (Å²) in [4.78, 5) is 4.63. The number of benzene rings is 1. The molecule has 128 valence electrons. The lowest BCUT2D eigenvalue weighted by atomic mass is 9.83. The fourth-order valence-corrected chi connectivity index (χ4v) is 3.35. The van der Waals surface area contributed by atoms with Crippen molar-refractivity contribution in [1.29, 1.82) is 0 Å². The van der Waals surface area contributed by atoms with Gasteiger partial charge >= 0.3 is 0 Å². The first-order valence-electron chi connectivity index (χ1n) is 8.70. The van der Waals surface area contributed by atoms with Crippen LogP contribution in [0.15, 0.2) is 29.3 Å². The third-order valence-electron chi connectivity index (χ3n) is 4.91. The highest BCUT2D eigenvalue weighted by Crippen LogP contribution is 2.41. The van der Waals surface area contributed by atoms with Crippen molar-refractivity contribution < 1.29 is 4.74 Å². The molecule has 3 N–H and O–H groups in total. The molecule has 0 saturated heterocycles. The molecule has 1 aromatic carbocycles. The van der Waals surface area contributed by atoms with Gasteiger partial charge in [-0.05, 0) is 48.3 Å². The van der Waals surface area contributed by atoms with Crippen LogP contribution in [-0.4, -0.2) is 26.2 Å². The molecule has 4 nitrogen and oxygen atoms in total. The minimum Gasteiger partial charge on any atom is -0.385 e. The maximum atomic E-state index is 6.11. The van der Waals surface area contributed by atoms with Crippen LogP contribution in [-0.2, 0) is 4.74 Å². The Morgan fingerprint density at radius 2 is 2.09 bits per heavy atom. The van der Waals surface area contributed by atoms with Crippen molar-refractivity contribution in [3.8, 4) is 0 Å². The maximum absolute atomic E-state index is 6.11. The van der Waals surface area contributed by atoms with Crippen molar-refractivity contribution in [3.63, 3.8) is 0 Å². The van der Waals surface area contributed by atoms with Gasteiger partial charge in [-0.1, -0.05) is 38.8 Å². The van der Waals surface area contributed by atoms with E-state index in [0.29, 0.717) is 11.9 Å². The Labute approximate surface area is 140 Å². The Morgan fingerprint density at radius 3 is 2.74 bits per heavy atom. The van der Waals surface area contributed by atoms with Crippen molar-refractivity contribution in [2.75, 3.05) is 25.6 Å². The number of nitrogens with zero attached hydrogens (tertiary/aromatic N) is 1. The number of aliphatic imine (C=N–C) groups is 1. The summed E-state index contributed by atoms with van der Waals surface area (Å²) in [6.45, 7) is 5.98. The number of anilines is 1. The van der Waals surface area contributed by atoms with Crippen molar-refractivity contribution >= 4 is 11.6 Å². The predicted molar refractivity (Wildman–Crippen MR) is 98.0 cm³/mol. The SMILES string of the molecule is COCCC1(CN=C(N)Nc2cccc(C(C)C)c2)CCCC1. The number of guanidine groups is 1. The summed E-state index contributed by atoms with van der Waals surface area (Å²) >= 11 is 0. The van der Waals surface area contributed by atoms with Crippen LogP contribution in [0.2, 0.25) is 0 Å². The largest absolute Gasteiger partial charge is 0.385 e. The summed E-state index contributed by atoms with van der Waals surface area (Å²) in [7, 11) is 1.77. The van der Waals surface area contributed by atoms with Gasteiger partial charge in [0.05, 0.1) is 0 Å². The number of nitrogens with one attached hydrogen (secondary N) is 1. The molecule has 0 unspecified atom stereocenters. The van der Waals surface area contributed by atoms with Gasteiger partial charge in [-0.25, -0.2) is 0 Å². The summed E-state index contributed by atoms with van der Waals surface area (Å²) in [5.74, 6) is 1.01. The smallest absolute Gasteiger partial charge is 0.193 e. The van der Waals surface area contributed by atoms with Gasteiger partial charge in [0, 0.05) is 25.9 Å². The number of nitrogens with two attached hydrogens (primary N) is 1. The normalized spacial score (nSPS) is 17.7. The van der Waals surface area contributed by atoms with Crippen molar-refractivity contribution in [3.05, 3.63) is 29.8 Å². The van der Waals surface area contributed by atoms with E-state index in [9.17, 15) is 0 Å². The molecule has 1 fully saturated rings. The molecule has 0 atom stereocenters. The highest BCUT2D eigenvalue weighted by atomic mass is 16.5. The molecule has 1 aliphatic rings. The van der Waals surface area contributed by atoms with Crippen LogP contribution in [0.1, 0.15) is 57.4 Å². The monoisotopic (exact) mass is 317 g/mol. The van der Waals surface area contributed by atoms with E-state index in [-0.39, 0.29) is 5.41 Å². The Balaban J connectivity index is 1.97. The zero-order chi connectivity index (χ0) is 16.7. The average molecular weight is 317 g/mol. The first-order valence-corrected chi connectivity index (χ1v) is 8.70. The number of methoxy groups -OCH3 is 1. The van der Waals surface area contributed by atoms with Crippen molar-refractivity contribution in [2.24, 2.45) is 16.1 Å². The van der Waals surface area contributed by atoms with Gasteiger partial charge in [0.2, 0.25) is 0 Å². The minimum atomic E-state index is 0.280. The summed E-state index contributed by atoms with van der Waals surface area (Å²) in [5, 5.41) is 3.23. The Bertz CT molecular complexity index is 519. The van der Waals surface area contributed by atoms with E-state index in [2.05, 4.69) is 42.4 Å². The molecule has 4 heteroatoms. The van der Waals surface area contributed by atoms with Crippen LogP contribution in [0.25, 0.3) is 0 Å². The Morgan fingerprint density at radius 1 is 1.35 bits per heavy atom. The molecule has 1 aliphatic carbocycles. The molecule has 0 aliphatic heterocycles. The summed E-state index contributed by atoms with van der Waals surface area (Å²) < 4.78 is 5.27. The van der Waals surface area contributed by atoms with Crippen LogP contribution in [0.3, 0.4) is 0 Å². The van der Waals surface area contributed by atoms with Crippen LogP contribution in [0.4, 0.5) is 5.69 Å². The summed E-state index contributed by atoms with van der Waals surface area (Å²) in [5.41, 5.74) is 8.70. The van der Waals surface area contributed by atoms with Gasteiger partial charge in [-0.2, -0.15) is 0 Å². The van der Waals surface area contributed by atoms with Crippen LogP contribution >= 0.6 is 0 Å². The molecule has 0 heterocycles. The van der Waals surface area contributed by atoms with Crippen LogP contribution < -0.4 is 11.1 Å². The lowest BCUT2D eigenvalue weighted by molar-refractivity contribution is 0.141. The van der Waals surface area contributed by atoms with Gasteiger partial charge in [0.25, 0.3) is 0 Å². The highest BCUT2D eigenvalue weighted by molar-refractivity contribution is 5.92. The molecule has 0 bridgehead atoms. The fraction of sp³-hybridized carbons (Fsp3) is 0.632. The van der Waals surface area contributed by atoms with Crippen molar-refractivity contribution in [1.82, 2.24) is 0 Å². The molecule has 0 spiro atoms. The zero-order valence-corrected chi connectivity index (χ0v) is 14.8. The highest BCUT2D eigenvalue weighted by Gasteiger charge is 2.33. The van der Waals surface area contributed by atoms with Gasteiger partial charge in [-0.15, -0.1) is 0 Å². The molecule has 0 radical (unpaired) electrons. The van der Waals surface area contributed by atoms with E-state index in [1.165, 1.54) is 31.2 Å². The lowest BCUT2D eigenvalue weighted by Gasteiger charge is -2.26. The van der Waals surface area contributed by atoms with E-state index < -0.39 is 0 Å². The third-order valence-corrected chi connectivity index (χ3v) is 4.91. The zero-order valence-electron chi connectivity index (χ0n) is 14.8. The van der Waals surface area contributed by atoms with Crippen LogP contribution in [0.5, 0.6) is 0 Å². The van der Waals surface area contributed by atoms with E-state index in [0.717, 1.165) is 25.3 Å². The second kappa shape index (κ2) is 8.34. The molecule has 1 aromatic rings. The Hall–Kier alpha value is -1.55. The fourth-order valence-electron chi connectivity index (χ4n) is 3.35. The quantitative estimate of drug-likeness (QED) is 0.587. The third kappa shape index (κ3) is 5.24. The van der Waals surface area contributed by atoms with E-state index in [1.54, 1.807) is 7.11 Å². The van der Waals surface area contributed by atoms with Gasteiger partial charge < -0.3 is 15.8 Å². The summed E-state index contributed by atoms with van der Waals surface area (Å²) in [6, 6.07) is 8.37. The van der Waals surface area contributed by atoms with Crippen LogP contribution in [0, 0.1) is 5.41 Å². The number of rotatable bonds is 7. The molecule has 23 heavy (non-hydrogen) atoms. The van der Waals surface area contributed by atoms with Crippen molar-refractivity contribution in [2.45, 2.75) is 51.9 Å². The molecule has 0 amide bonds. The molecule has 2 rings (SSSR count). The predicted octanol–water partition coefficient (Wildman–Crippen LogP) is 4.13. The second-order valence-corrected chi connectivity index (χ2v) is 7.06. The van der Waals surface area contributed by atoms with Gasteiger partial charge in [0.1, 0.15) is 0 Å². The maximum Gasteiger partial charge on any atom is 0.193 e. The lowest BCUT2D eigenvalue weighted by Crippen LogP contribution is -2.28. The standard InChI is InChI=1S/C19H31N3O/c1-15(2)16-7-6-8-17(13-16)22-18(20)21-14-19(11-12-23-3)9-4-5-10-19/h6-8,13,15H,4-5,9-12,14H2,1-3H3,(H3,20,21,22). The first kappa shape index (κ1) is 17.8. The number of hydrogen-bond donors (Lipinski definition) is 2. The van der Waals surface area contributed by atoms with E-state index >= 15 is 0 Å². The van der Waals surface area contributed by atoms with E-state index in [1.807, 2.05) is 6.07 Å². The second-order valence-electron chi connectivity index (χ2n) is 7.06. The minimum absolute atomic E-state index is 0.280. The topological polar surface area (TPSA) is 59.6 Å². The molecule has 1 saturated carbocycles. The van der Waals surface area contributed by atoms with E-state index in [4.69, 9.17) is 10.5 Å².